The van der Waals surface area contributed by atoms with Crippen LogP contribution in [0.25, 0.3) is 0 Å². The number of Topliss-reactive ketones (excluding diaryl/α,β-unsaturated/α-hetero) is 1. The summed E-state index contributed by atoms with van der Waals surface area (Å²) in [7, 11) is 0. The molecule has 0 heterocycles. The summed E-state index contributed by atoms with van der Waals surface area (Å²) in [5.41, 5.74) is 1.13. The summed E-state index contributed by atoms with van der Waals surface area (Å²) in [6, 6.07) is 11.4. The maximum Gasteiger partial charge on any atom is 0.252 e. The molecule has 0 atom stereocenters. The molecular weight excluding hydrogens is 353 g/mol. The molecule has 2 aromatic rings. The lowest BCUT2D eigenvalue weighted by Crippen LogP contribution is -2.41. The molecule has 26 heavy (non-hydrogen) atoms. The first-order valence-corrected chi connectivity index (χ1v) is 8.89. The van der Waals surface area contributed by atoms with E-state index in [4.69, 9.17) is 11.6 Å². The maximum atomic E-state index is 13.7. The van der Waals surface area contributed by atoms with Crippen molar-refractivity contribution in [2.24, 2.45) is 0 Å². The van der Waals surface area contributed by atoms with Crippen molar-refractivity contribution in [1.29, 1.82) is 0 Å². The Labute approximate surface area is 158 Å². The molecule has 2 aromatic carbocycles. The molecule has 1 N–H and O–H groups in total. The van der Waals surface area contributed by atoms with Crippen molar-refractivity contribution in [3.8, 4) is 0 Å². The molecule has 0 aliphatic heterocycles. The Hall–Kier alpha value is -2.20. The smallest absolute Gasteiger partial charge is 0.252 e. The van der Waals surface area contributed by atoms with Gasteiger partial charge in [-0.2, -0.15) is 0 Å². The van der Waals surface area contributed by atoms with Crippen LogP contribution in [0.2, 0.25) is 5.02 Å². The van der Waals surface area contributed by atoms with Gasteiger partial charge in [0.05, 0.1) is 0 Å². The summed E-state index contributed by atoms with van der Waals surface area (Å²) >= 11 is 6.02. The molecule has 3 nitrogen and oxygen atoms in total. The summed E-state index contributed by atoms with van der Waals surface area (Å²) < 4.78 is 13.7. The normalized spacial score (nSPS) is 11.3. The first-order valence-electron chi connectivity index (χ1n) is 8.52. The minimum Gasteiger partial charge on any atom is -0.347 e. The number of aryl methyl sites for hydroxylation is 1. The fourth-order valence-electron chi connectivity index (χ4n) is 2.60. The number of rotatable bonds is 6. The first-order chi connectivity index (χ1) is 12.2. The predicted octanol–water partition coefficient (Wildman–Crippen LogP) is 4.75. The van der Waals surface area contributed by atoms with Crippen molar-refractivity contribution in [1.82, 2.24) is 5.32 Å². The highest BCUT2D eigenvalue weighted by Crippen LogP contribution is 2.19. The van der Waals surface area contributed by atoms with Crippen molar-refractivity contribution < 1.29 is 14.0 Å². The van der Waals surface area contributed by atoms with Crippen LogP contribution < -0.4 is 5.32 Å². The molecule has 0 radical (unpaired) electrons. The van der Waals surface area contributed by atoms with Crippen molar-refractivity contribution in [2.45, 2.75) is 45.6 Å². The number of nitrogens with one attached hydrogen (secondary N) is 1. The van der Waals surface area contributed by atoms with Crippen molar-refractivity contribution in [2.75, 3.05) is 0 Å². The van der Waals surface area contributed by atoms with Gasteiger partial charge in [0, 0.05) is 29.0 Å². The third-order valence-corrected chi connectivity index (χ3v) is 4.06. The van der Waals surface area contributed by atoms with Crippen LogP contribution >= 0.6 is 11.6 Å². The number of hydrogen-bond donors (Lipinski definition) is 1. The molecule has 0 saturated carbocycles. The zero-order valence-corrected chi connectivity index (χ0v) is 16.0. The van der Waals surface area contributed by atoms with Gasteiger partial charge in [0.2, 0.25) is 0 Å². The number of hydrogen-bond acceptors (Lipinski definition) is 2. The Morgan fingerprint density at radius 1 is 1.08 bits per heavy atom. The third kappa shape index (κ3) is 5.95. The second-order valence-electron chi connectivity index (χ2n) is 7.31. The summed E-state index contributed by atoms with van der Waals surface area (Å²) in [4.78, 5) is 24.9. The largest absolute Gasteiger partial charge is 0.347 e. The topological polar surface area (TPSA) is 46.2 Å². The summed E-state index contributed by atoms with van der Waals surface area (Å²) in [5, 5.41) is 3.32. The van der Waals surface area contributed by atoms with Crippen molar-refractivity contribution >= 4 is 23.3 Å². The molecule has 0 aromatic heterocycles. The minimum absolute atomic E-state index is 0.0552. The summed E-state index contributed by atoms with van der Waals surface area (Å²) in [5.74, 6) is -0.630. The molecule has 5 heteroatoms. The second kappa shape index (κ2) is 8.45. The van der Waals surface area contributed by atoms with Gasteiger partial charge in [0.15, 0.2) is 0 Å². The van der Waals surface area contributed by atoms with Gasteiger partial charge in [-0.25, -0.2) is 4.39 Å². The standard InChI is InChI=1S/C21H23ClFNO2/c1-21(2,3)24-20(26)18-13-16(22)10-8-15(18)12-17(25)11-9-14-6-4-5-7-19(14)23/h4-8,10,13H,9,11-12H2,1-3H3,(H,24,26). The van der Waals surface area contributed by atoms with Crippen LogP contribution in [0.5, 0.6) is 0 Å². The molecule has 1 amide bonds. The molecule has 0 saturated heterocycles. The van der Waals surface area contributed by atoms with Gasteiger partial charge >= 0.3 is 0 Å². The van der Waals surface area contributed by atoms with E-state index < -0.39 is 5.54 Å². The van der Waals surface area contributed by atoms with Crippen LogP contribution in [0.4, 0.5) is 4.39 Å². The average molecular weight is 376 g/mol. The Kier molecular flexibility index (Phi) is 6.54. The summed E-state index contributed by atoms with van der Waals surface area (Å²) in [6.07, 6.45) is 0.658. The van der Waals surface area contributed by atoms with Crippen molar-refractivity contribution in [3.63, 3.8) is 0 Å². The van der Waals surface area contributed by atoms with E-state index in [1.165, 1.54) is 6.07 Å². The first kappa shape index (κ1) is 20.1. The fraction of sp³-hybridized carbons (Fsp3) is 0.333. The fourth-order valence-corrected chi connectivity index (χ4v) is 2.77. The van der Waals surface area contributed by atoms with E-state index in [1.54, 1.807) is 36.4 Å². The monoisotopic (exact) mass is 375 g/mol. The van der Waals surface area contributed by atoms with E-state index >= 15 is 0 Å². The van der Waals surface area contributed by atoms with Crippen LogP contribution in [0, 0.1) is 5.82 Å². The SMILES string of the molecule is CC(C)(C)NC(=O)c1cc(Cl)ccc1CC(=O)CCc1ccccc1F. The van der Waals surface area contributed by atoms with E-state index in [1.807, 2.05) is 20.8 Å². The highest BCUT2D eigenvalue weighted by Gasteiger charge is 2.19. The molecule has 0 aliphatic carbocycles. The third-order valence-electron chi connectivity index (χ3n) is 3.82. The quantitative estimate of drug-likeness (QED) is 0.791. The molecule has 2 rings (SSSR count). The average Bonchev–Trinajstić information content (AvgIpc) is 2.54. The zero-order chi connectivity index (χ0) is 19.3. The van der Waals surface area contributed by atoms with Gasteiger partial charge < -0.3 is 5.32 Å². The van der Waals surface area contributed by atoms with E-state index in [0.29, 0.717) is 28.1 Å². The lowest BCUT2D eigenvalue weighted by molar-refractivity contribution is -0.118. The molecule has 0 spiro atoms. The number of carbonyl (C=O) groups is 2. The minimum atomic E-state index is -0.397. The van der Waals surface area contributed by atoms with Gasteiger partial charge in [-0.1, -0.05) is 35.9 Å². The van der Waals surface area contributed by atoms with Crippen LogP contribution in [0.15, 0.2) is 42.5 Å². The van der Waals surface area contributed by atoms with E-state index in [2.05, 4.69) is 5.32 Å². The lowest BCUT2D eigenvalue weighted by Gasteiger charge is -2.21. The highest BCUT2D eigenvalue weighted by atomic mass is 35.5. The van der Waals surface area contributed by atoms with E-state index in [-0.39, 0.29) is 30.3 Å². The molecule has 0 bridgehead atoms. The van der Waals surface area contributed by atoms with Crippen LogP contribution in [-0.4, -0.2) is 17.2 Å². The number of ketones is 1. The van der Waals surface area contributed by atoms with Crippen LogP contribution in [0.1, 0.15) is 48.7 Å². The zero-order valence-electron chi connectivity index (χ0n) is 15.2. The number of carbonyl (C=O) groups excluding carboxylic acids is 2. The number of benzene rings is 2. The van der Waals surface area contributed by atoms with Gasteiger partial charge in [-0.15, -0.1) is 0 Å². The maximum absolute atomic E-state index is 13.7. The summed E-state index contributed by atoms with van der Waals surface area (Å²) in [6.45, 7) is 5.65. The Bertz CT molecular complexity index is 812. The van der Waals surface area contributed by atoms with E-state index in [0.717, 1.165) is 0 Å². The number of halogens is 2. The van der Waals surface area contributed by atoms with Gasteiger partial charge in [0.25, 0.3) is 5.91 Å². The number of amides is 1. The Balaban J connectivity index is 2.10. The van der Waals surface area contributed by atoms with Crippen molar-refractivity contribution in [3.05, 3.63) is 70.0 Å². The molecule has 138 valence electrons. The highest BCUT2D eigenvalue weighted by molar-refractivity contribution is 6.31. The van der Waals surface area contributed by atoms with Gasteiger partial charge in [-0.05, 0) is 56.5 Å². The van der Waals surface area contributed by atoms with E-state index in [9.17, 15) is 14.0 Å². The second-order valence-corrected chi connectivity index (χ2v) is 7.75. The van der Waals surface area contributed by atoms with Gasteiger partial charge in [0.1, 0.15) is 11.6 Å². The van der Waals surface area contributed by atoms with Crippen LogP contribution in [0.3, 0.4) is 0 Å². The lowest BCUT2D eigenvalue weighted by atomic mass is 9.97. The molecule has 0 fully saturated rings. The molecule has 0 unspecified atom stereocenters. The molecular formula is C21H23ClFNO2. The Morgan fingerprint density at radius 3 is 2.42 bits per heavy atom. The Morgan fingerprint density at radius 2 is 1.77 bits per heavy atom. The van der Waals surface area contributed by atoms with Crippen LogP contribution in [-0.2, 0) is 17.6 Å². The molecule has 0 aliphatic rings. The van der Waals surface area contributed by atoms with Gasteiger partial charge in [-0.3, -0.25) is 9.59 Å². The predicted molar refractivity (Wildman–Crippen MR) is 102 cm³/mol.